The van der Waals surface area contributed by atoms with Gasteiger partial charge in [0.15, 0.2) is 0 Å². The molecule has 0 unspecified atom stereocenters. The number of imidazole rings is 1. The molecule has 3 nitrogen and oxygen atoms in total. The number of aromatic nitrogens is 2. The van der Waals surface area contributed by atoms with Gasteiger partial charge in [-0.05, 0) is 32.0 Å². The van der Waals surface area contributed by atoms with Gasteiger partial charge in [0.05, 0.1) is 6.20 Å². The third-order valence-electron chi connectivity index (χ3n) is 2.34. The van der Waals surface area contributed by atoms with Crippen LogP contribution in [0.4, 0.5) is 0 Å². The predicted octanol–water partition coefficient (Wildman–Crippen LogP) is 3.66. The van der Waals surface area contributed by atoms with E-state index in [1.54, 1.807) is 12.3 Å². The number of hydrogen-bond acceptors (Lipinski definition) is 2. The Balaban J connectivity index is 2.27. The van der Waals surface area contributed by atoms with Crippen LogP contribution in [-0.2, 0) is 6.54 Å². The van der Waals surface area contributed by atoms with Crippen molar-refractivity contribution in [2.24, 2.45) is 0 Å². The van der Waals surface area contributed by atoms with Gasteiger partial charge in [-0.25, -0.2) is 4.98 Å². The Bertz CT molecular complexity index is 494. The zero-order chi connectivity index (χ0) is 11.5. The van der Waals surface area contributed by atoms with E-state index in [9.17, 15) is 0 Å². The second-order valence-electron chi connectivity index (χ2n) is 3.49. The molecule has 1 aromatic heterocycles. The molecule has 1 heterocycles. The summed E-state index contributed by atoms with van der Waals surface area (Å²) in [5.74, 6) is 0.702. The topological polar surface area (TPSA) is 27.1 Å². The maximum absolute atomic E-state index is 5.88. The number of aryl methyl sites for hydroxylation is 1. The molecule has 0 saturated carbocycles. The average Bonchev–Trinajstić information content (AvgIpc) is 2.59. The molecule has 0 amide bonds. The van der Waals surface area contributed by atoms with Gasteiger partial charge in [0, 0.05) is 17.3 Å². The van der Waals surface area contributed by atoms with Crippen LogP contribution in [0.1, 0.15) is 12.6 Å². The maximum Gasteiger partial charge on any atom is 0.302 e. The Labute approximate surface area is 99.6 Å². The number of hydrogen-bond donors (Lipinski definition) is 0. The zero-order valence-corrected chi connectivity index (χ0v) is 10.0. The van der Waals surface area contributed by atoms with Crippen molar-refractivity contribution in [3.8, 4) is 11.8 Å². The Morgan fingerprint density at radius 3 is 2.94 bits per heavy atom. The van der Waals surface area contributed by atoms with Crippen LogP contribution < -0.4 is 4.74 Å². The number of halogens is 1. The molecule has 0 atom stereocenters. The van der Waals surface area contributed by atoms with Crippen molar-refractivity contribution in [1.29, 1.82) is 0 Å². The first kappa shape index (κ1) is 11.0. The van der Waals surface area contributed by atoms with Crippen LogP contribution in [0.5, 0.6) is 11.8 Å². The van der Waals surface area contributed by atoms with E-state index in [2.05, 4.69) is 11.9 Å². The molecule has 0 aliphatic carbocycles. The molecule has 0 saturated heterocycles. The van der Waals surface area contributed by atoms with Crippen LogP contribution >= 0.6 is 11.6 Å². The first-order valence-corrected chi connectivity index (χ1v) is 5.54. The van der Waals surface area contributed by atoms with Crippen LogP contribution in [0.15, 0.2) is 30.5 Å². The van der Waals surface area contributed by atoms with Gasteiger partial charge in [0.1, 0.15) is 5.75 Å². The van der Waals surface area contributed by atoms with E-state index >= 15 is 0 Å². The quantitative estimate of drug-likeness (QED) is 0.813. The highest BCUT2D eigenvalue weighted by Crippen LogP contribution is 2.23. The summed E-state index contributed by atoms with van der Waals surface area (Å²) in [5.41, 5.74) is 1.08. The lowest BCUT2D eigenvalue weighted by Crippen LogP contribution is -2.00. The molecule has 84 valence electrons. The summed E-state index contributed by atoms with van der Waals surface area (Å²) < 4.78 is 7.67. The van der Waals surface area contributed by atoms with E-state index < -0.39 is 0 Å². The van der Waals surface area contributed by atoms with Gasteiger partial charge in [0.2, 0.25) is 0 Å². The minimum atomic E-state index is 0.599. The SMILES string of the molecule is CCn1c(C)cnc1Oc1cccc(Cl)c1. The molecule has 0 bridgehead atoms. The number of nitrogens with zero attached hydrogens (tertiary/aromatic N) is 2. The Kier molecular flexibility index (Phi) is 3.15. The lowest BCUT2D eigenvalue weighted by atomic mass is 10.3. The fourth-order valence-corrected chi connectivity index (χ4v) is 1.72. The Hall–Kier alpha value is -1.48. The van der Waals surface area contributed by atoms with Gasteiger partial charge in [-0.2, -0.15) is 0 Å². The summed E-state index contributed by atoms with van der Waals surface area (Å²) in [5, 5.41) is 0.656. The van der Waals surface area contributed by atoms with E-state index in [4.69, 9.17) is 16.3 Å². The van der Waals surface area contributed by atoms with E-state index in [-0.39, 0.29) is 0 Å². The highest BCUT2D eigenvalue weighted by molar-refractivity contribution is 6.30. The maximum atomic E-state index is 5.88. The highest BCUT2D eigenvalue weighted by Gasteiger charge is 2.07. The molecular weight excluding hydrogens is 224 g/mol. The van der Waals surface area contributed by atoms with Crippen molar-refractivity contribution in [2.75, 3.05) is 0 Å². The number of ether oxygens (including phenoxy) is 1. The van der Waals surface area contributed by atoms with Crippen molar-refractivity contribution in [1.82, 2.24) is 9.55 Å². The molecule has 4 heteroatoms. The molecule has 0 spiro atoms. The van der Waals surface area contributed by atoms with Gasteiger partial charge in [-0.1, -0.05) is 17.7 Å². The summed E-state index contributed by atoms with van der Waals surface area (Å²) in [6, 6.07) is 7.89. The fraction of sp³-hybridized carbons (Fsp3) is 0.250. The molecule has 1 aromatic carbocycles. The van der Waals surface area contributed by atoms with Gasteiger partial charge >= 0.3 is 6.01 Å². The molecule has 0 aliphatic heterocycles. The minimum Gasteiger partial charge on any atom is -0.425 e. The van der Waals surface area contributed by atoms with Crippen LogP contribution in [-0.4, -0.2) is 9.55 Å². The Morgan fingerprint density at radius 2 is 2.25 bits per heavy atom. The summed E-state index contributed by atoms with van der Waals surface area (Å²) in [7, 11) is 0. The third-order valence-corrected chi connectivity index (χ3v) is 2.58. The van der Waals surface area contributed by atoms with Crippen molar-refractivity contribution >= 4 is 11.6 Å². The van der Waals surface area contributed by atoms with Gasteiger partial charge in [0.25, 0.3) is 0 Å². The minimum absolute atomic E-state index is 0.599. The van der Waals surface area contributed by atoms with Crippen LogP contribution in [0.2, 0.25) is 5.02 Å². The predicted molar refractivity (Wildman–Crippen MR) is 64.2 cm³/mol. The monoisotopic (exact) mass is 236 g/mol. The summed E-state index contributed by atoms with van der Waals surface area (Å²) in [6.07, 6.45) is 1.80. The first-order valence-electron chi connectivity index (χ1n) is 5.16. The molecule has 0 aliphatic rings. The second-order valence-corrected chi connectivity index (χ2v) is 3.92. The normalized spacial score (nSPS) is 10.4. The summed E-state index contributed by atoms with van der Waals surface area (Å²) >= 11 is 5.88. The fourth-order valence-electron chi connectivity index (χ4n) is 1.54. The average molecular weight is 237 g/mol. The molecule has 16 heavy (non-hydrogen) atoms. The van der Waals surface area contributed by atoms with Crippen molar-refractivity contribution < 1.29 is 4.74 Å². The largest absolute Gasteiger partial charge is 0.425 e. The first-order chi connectivity index (χ1) is 7.70. The summed E-state index contributed by atoms with van der Waals surface area (Å²) in [6.45, 7) is 4.89. The molecule has 2 aromatic rings. The van der Waals surface area contributed by atoms with Crippen LogP contribution in [0.3, 0.4) is 0 Å². The van der Waals surface area contributed by atoms with Gasteiger partial charge in [-0.15, -0.1) is 0 Å². The number of rotatable bonds is 3. The van der Waals surface area contributed by atoms with Crippen molar-refractivity contribution in [2.45, 2.75) is 20.4 Å². The smallest absolute Gasteiger partial charge is 0.302 e. The molecular formula is C12H13ClN2O. The van der Waals surface area contributed by atoms with E-state index in [0.717, 1.165) is 12.2 Å². The number of benzene rings is 1. The van der Waals surface area contributed by atoms with E-state index in [0.29, 0.717) is 16.8 Å². The second kappa shape index (κ2) is 4.58. The molecule has 2 rings (SSSR count). The van der Waals surface area contributed by atoms with Crippen molar-refractivity contribution in [3.05, 3.63) is 41.2 Å². The van der Waals surface area contributed by atoms with Crippen molar-refractivity contribution in [3.63, 3.8) is 0 Å². The van der Waals surface area contributed by atoms with Crippen LogP contribution in [0, 0.1) is 6.92 Å². The molecule has 0 radical (unpaired) electrons. The summed E-state index contributed by atoms with van der Waals surface area (Å²) in [4.78, 5) is 4.21. The molecule has 0 fully saturated rings. The standard InChI is InChI=1S/C12H13ClN2O/c1-3-15-9(2)8-14-12(15)16-11-6-4-5-10(13)7-11/h4-8H,3H2,1-2H3. The highest BCUT2D eigenvalue weighted by atomic mass is 35.5. The van der Waals surface area contributed by atoms with Crippen LogP contribution in [0.25, 0.3) is 0 Å². The van der Waals surface area contributed by atoms with E-state index in [1.165, 1.54) is 0 Å². The lowest BCUT2D eigenvalue weighted by molar-refractivity contribution is 0.413. The van der Waals surface area contributed by atoms with Gasteiger partial charge in [-0.3, -0.25) is 4.57 Å². The zero-order valence-electron chi connectivity index (χ0n) is 9.27. The van der Waals surface area contributed by atoms with E-state index in [1.807, 2.05) is 29.7 Å². The van der Waals surface area contributed by atoms with Gasteiger partial charge < -0.3 is 4.74 Å². The lowest BCUT2D eigenvalue weighted by Gasteiger charge is -2.08. The molecule has 0 N–H and O–H groups in total. The Morgan fingerprint density at radius 1 is 1.44 bits per heavy atom. The third kappa shape index (κ3) is 2.19.